The molecule has 0 bridgehead atoms. The molecule has 2 unspecified atom stereocenters. The van der Waals surface area contributed by atoms with Crippen LogP contribution in [0.15, 0.2) is 0 Å². The van der Waals surface area contributed by atoms with Gasteiger partial charge in [-0.1, -0.05) is 33.1 Å². The van der Waals surface area contributed by atoms with Crippen LogP contribution in [-0.2, 0) is 23.7 Å². The zero-order chi connectivity index (χ0) is 31.7. The van der Waals surface area contributed by atoms with Crippen molar-refractivity contribution in [3.05, 3.63) is 0 Å². The Morgan fingerprint density at radius 2 is 1.40 bits per heavy atom. The van der Waals surface area contributed by atoms with Crippen molar-refractivity contribution < 1.29 is 74.7 Å². The molecule has 12 atom stereocenters. The number of aliphatic hydroxyl groups excluding tert-OH is 8. The largest absolute Gasteiger partial charge is 0.394 e. The van der Waals surface area contributed by atoms with E-state index in [4.69, 9.17) is 23.7 Å². The minimum absolute atomic E-state index is 0.168. The zero-order valence-corrected chi connectivity index (χ0v) is 24.7. The average Bonchev–Trinajstić information content (AvgIpc) is 2.94. The Morgan fingerprint density at radius 1 is 0.786 bits per heavy atom. The molecule has 2 rings (SSSR count). The molecule has 2 aliphatic rings. The van der Waals surface area contributed by atoms with Gasteiger partial charge in [0.2, 0.25) is 5.79 Å². The van der Waals surface area contributed by atoms with E-state index in [2.05, 4.69) is 0 Å². The van der Waals surface area contributed by atoms with E-state index >= 15 is 0 Å². The van der Waals surface area contributed by atoms with Gasteiger partial charge in [0.15, 0.2) is 5.79 Å². The summed E-state index contributed by atoms with van der Waals surface area (Å²) in [6.45, 7) is 3.37. The molecule has 0 amide bonds. The number of unbranched alkanes of at least 4 members (excludes halogenated alkanes) is 3. The predicted molar refractivity (Wildman–Crippen MR) is 144 cm³/mol. The van der Waals surface area contributed by atoms with E-state index in [9.17, 15) is 51.1 Å². The molecule has 15 heteroatoms. The van der Waals surface area contributed by atoms with Crippen LogP contribution in [-0.4, -0.2) is 156 Å². The third-order valence-electron chi connectivity index (χ3n) is 7.64. The minimum Gasteiger partial charge on any atom is -0.394 e. The Hall–Kier alpha value is -0.600. The van der Waals surface area contributed by atoms with Gasteiger partial charge >= 0.3 is 0 Å². The Morgan fingerprint density at radius 3 is 1.98 bits per heavy atom. The lowest BCUT2D eigenvalue weighted by Crippen LogP contribution is -2.78. The number of hydrogen-bond acceptors (Lipinski definition) is 15. The molecule has 0 aromatic heterocycles. The van der Waals surface area contributed by atoms with Crippen LogP contribution in [0.5, 0.6) is 0 Å². The van der Waals surface area contributed by atoms with E-state index in [0.29, 0.717) is 19.4 Å². The lowest BCUT2D eigenvalue weighted by Gasteiger charge is -2.57. The Labute approximate surface area is 246 Å². The summed E-state index contributed by atoms with van der Waals surface area (Å²) in [5.41, 5.74) is 0. The van der Waals surface area contributed by atoms with Crippen LogP contribution in [0, 0.1) is 0 Å². The molecule has 2 fully saturated rings. The fourth-order valence-electron chi connectivity index (χ4n) is 5.31. The molecule has 0 saturated carbocycles. The summed E-state index contributed by atoms with van der Waals surface area (Å²) in [5.74, 6) is -8.22. The monoisotopic (exact) mass is 616 g/mol. The van der Waals surface area contributed by atoms with Gasteiger partial charge in [-0.3, -0.25) is 0 Å². The molecule has 2 saturated heterocycles. The van der Waals surface area contributed by atoms with Gasteiger partial charge in [-0.15, -0.1) is 0 Å². The topological polar surface area (TPSA) is 248 Å². The molecule has 0 aromatic carbocycles. The summed E-state index contributed by atoms with van der Waals surface area (Å²) >= 11 is 0. The number of ether oxygens (including phenoxy) is 5. The Balaban J connectivity index is 2.50. The predicted octanol–water partition coefficient (Wildman–Crippen LogP) is -2.78. The van der Waals surface area contributed by atoms with Crippen molar-refractivity contribution in [2.45, 2.75) is 138 Å². The van der Waals surface area contributed by atoms with Gasteiger partial charge in [0.25, 0.3) is 5.79 Å². The van der Waals surface area contributed by atoms with Crippen molar-refractivity contribution in [3.63, 3.8) is 0 Å². The van der Waals surface area contributed by atoms with Gasteiger partial charge < -0.3 is 74.7 Å². The van der Waals surface area contributed by atoms with Crippen molar-refractivity contribution in [1.29, 1.82) is 0 Å². The molecule has 2 aliphatic heterocycles. The summed E-state index contributed by atoms with van der Waals surface area (Å²) in [7, 11) is 0. The highest BCUT2D eigenvalue weighted by Crippen LogP contribution is 2.46. The molecule has 0 spiro atoms. The molecule has 0 aromatic rings. The lowest BCUT2D eigenvalue weighted by molar-refractivity contribution is -0.490. The standard InChI is InChI=1S/C27H52O15/c1-4-6-8-10-39-27(37)23(34)21(33)19(14-29)41-26(27,11-16(3)30)42-22-20(32)18(13-28)40-25(36,24(22)35)12-17(31)15-38-9-7-5-2/h16-24,28-37H,4-15H2,1-3H3/t16?,17?,18-,19-,20+,21+,22+,23+,24-,25-,26+,27+/m1/s1. The number of hydrogen-bond donors (Lipinski definition) is 10. The third-order valence-corrected chi connectivity index (χ3v) is 7.64. The zero-order valence-electron chi connectivity index (χ0n) is 24.7. The van der Waals surface area contributed by atoms with Crippen LogP contribution in [0.4, 0.5) is 0 Å². The summed E-state index contributed by atoms with van der Waals surface area (Å²) in [4.78, 5) is 0. The van der Waals surface area contributed by atoms with Crippen LogP contribution in [0.25, 0.3) is 0 Å². The second-order valence-corrected chi connectivity index (χ2v) is 11.3. The second kappa shape index (κ2) is 16.6. The van der Waals surface area contributed by atoms with Crippen LogP contribution >= 0.6 is 0 Å². The van der Waals surface area contributed by atoms with Gasteiger partial charge in [0.05, 0.1) is 38.6 Å². The van der Waals surface area contributed by atoms with E-state index in [0.717, 1.165) is 19.3 Å². The first kappa shape index (κ1) is 37.6. The average molecular weight is 617 g/mol. The minimum atomic E-state index is -2.93. The maximum absolute atomic E-state index is 11.8. The summed E-state index contributed by atoms with van der Waals surface area (Å²) in [6.07, 6.45) is -13.8. The van der Waals surface area contributed by atoms with Gasteiger partial charge in [0, 0.05) is 19.4 Å². The number of rotatable bonds is 18. The lowest BCUT2D eigenvalue weighted by atomic mass is 9.84. The third kappa shape index (κ3) is 8.56. The molecule has 10 N–H and O–H groups in total. The summed E-state index contributed by atoms with van der Waals surface area (Å²) in [6, 6.07) is 0. The van der Waals surface area contributed by atoms with E-state index in [1.807, 2.05) is 13.8 Å². The normalized spacial score (nSPS) is 40.6. The smallest absolute Gasteiger partial charge is 0.251 e. The van der Waals surface area contributed by atoms with Gasteiger partial charge in [-0.25, -0.2) is 0 Å². The van der Waals surface area contributed by atoms with Crippen molar-refractivity contribution in [2.75, 3.05) is 33.0 Å². The first-order chi connectivity index (χ1) is 19.8. The first-order valence-electron chi connectivity index (χ1n) is 14.8. The SMILES string of the molecule is CCCCCO[C@@]1(O)[C@@H](O)[C@@H](O)[C@@H](CO)O[C@@]1(CC(C)O)O[C@H]1[C@@H](O)[C@@H](CO)O[C@](O)(CC(O)COCCCC)[C@@H]1O. The van der Waals surface area contributed by atoms with Crippen molar-refractivity contribution in [2.24, 2.45) is 0 Å². The second-order valence-electron chi connectivity index (χ2n) is 11.3. The molecule has 0 radical (unpaired) electrons. The van der Waals surface area contributed by atoms with Crippen molar-refractivity contribution in [1.82, 2.24) is 0 Å². The summed E-state index contributed by atoms with van der Waals surface area (Å²) < 4.78 is 28.2. The van der Waals surface area contributed by atoms with Gasteiger partial charge in [-0.05, 0) is 19.8 Å². The van der Waals surface area contributed by atoms with E-state index in [1.54, 1.807) is 0 Å². The molecule has 2 heterocycles. The van der Waals surface area contributed by atoms with Crippen molar-refractivity contribution in [3.8, 4) is 0 Å². The van der Waals surface area contributed by atoms with Crippen LogP contribution in [0.1, 0.15) is 65.7 Å². The van der Waals surface area contributed by atoms with E-state index in [-0.39, 0.29) is 13.2 Å². The van der Waals surface area contributed by atoms with E-state index in [1.165, 1.54) is 6.92 Å². The van der Waals surface area contributed by atoms with E-state index < -0.39 is 98.4 Å². The molecule has 15 nitrogen and oxygen atoms in total. The Bertz CT molecular complexity index is 776. The van der Waals surface area contributed by atoms with Crippen LogP contribution < -0.4 is 0 Å². The molecular formula is C27H52O15. The summed E-state index contributed by atoms with van der Waals surface area (Å²) in [5, 5.41) is 108. The van der Waals surface area contributed by atoms with Gasteiger partial charge in [-0.2, -0.15) is 0 Å². The maximum Gasteiger partial charge on any atom is 0.251 e. The number of aliphatic hydroxyl groups is 10. The van der Waals surface area contributed by atoms with Gasteiger partial charge in [0.1, 0.15) is 42.7 Å². The van der Waals surface area contributed by atoms with Crippen LogP contribution in [0.3, 0.4) is 0 Å². The maximum atomic E-state index is 11.8. The fourth-order valence-corrected chi connectivity index (χ4v) is 5.31. The highest BCUT2D eigenvalue weighted by Gasteiger charge is 2.69. The highest BCUT2D eigenvalue weighted by molar-refractivity contribution is 5.07. The molecule has 250 valence electrons. The molecule has 0 aliphatic carbocycles. The highest BCUT2D eigenvalue weighted by atomic mass is 16.8. The molecule has 42 heavy (non-hydrogen) atoms. The fraction of sp³-hybridized carbons (Fsp3) is 1.00. The van der Waals surface area contributed by atoms with Crippen molar-refractivity contribution >= 4 is 0 Å². The Kier molecular flexibility index (Phi) is 14.9. The first-order valence-corrected chi connectivity index (χ1v) is 14.8. The van der Waals surface area contributed by atoms with Crippen LogP contribution in [0.2, 0.25) is 0 Å². The quantitative estimate of drug-likeness (QED) is 0.0552. The molecular weight excluding hydrogens is 564 g/mol.